The Morgan fingerprint density at radius 1 is 1.14 bits per heavy atom. The highest BCUT2D eigenvalue weighted by atomic mass is 16.5. The summed E-state index contributed by atoms with van der Waals surface area (Å²) in [5.41, 5.74) is 0.537. The Labute approximate surface area is 86.4 Å². The molecule has 3 aliphatic rings. The Bertz CT molecular complexity index is 202. The van der Waals surface area contributed by atoms with Crippen molar-refractivity contribution in [2.45, 2.75) is 57.1 Å². The zero-order valence-electron chi connectivity index (χ0n) is 8.93. The van der Waals surface area contributed by atoms with Crippen molar-refractivity contribution in [2.75, 3.05) is 13.2 Å². The van der Waals surface area contributed by atoms with Gasteiger partial charge >= 0.3 is 0 Å². The van der Waals surface area contributed by atoms with Gasteiger partial charge in [0, 0.05) is 24.6 Å². The topological polar surface area (TPSA) is 21.3 Å². The lowest BCUT2D eigenvalue weighted by atomic mass is 9.81. The smallest absolute Gasteiger partial charge is 0.0644 e. The maximum atomic E-state index is 5.82. The molecule has 2 saturated carbocycles. The predicted molar refractivity (Wildman–Crippen MR) is 56.3 cm³/mol. The Kier molecular flexibility index (Phi) is 2.29. The number of hydrogen-bond donors (Lipinski definition) is 1. The highest BCUT2D eigenvalue weighted by Crippen LogP contribution is 2.47. The molecular formula is C12H21NO. The first-order chi connectivity index (χ1) is 6.89. The van der Waals surface area contributed by atoms with E-state index < -0.39 is 0 Å². The van der Waals surface area contributed by atoms with Crippen LogP contribution in [0.2, 0.25) is 0 Å². The average molecular weight is 195 g/mol. The van der Waals surface area contributed by atoms with Gasteiger partial charge in [-0.15, -0.1) is 0 Å². The van der Waals surface area contributed by atoms with Crippen LogP contribution in [0.4, 0.5) is 0 Å². The molecule has 0 radical (unpaired) electrons. The van der Waals surface area contributed by atoms with E-state index in [0.29, 0.717) is 11.5 Å². The van der Waals surface area contributed by atoms with Crippen molar-refractivity contribution in [3.63, 3.8) is 0 Å². The Balaban J connectivity index is 1.58. The molecule has 1 heterocycles. The fourth-order valence-electron chi connectivity index (χ4n) is 3.31. The molecular weight excluding hydrogens is 174 g/mol. The summed E-state index contributed by atoms with van der Waals surface area (Å²) in [4.78, 5) is 0. The van der Waals surface area contributed by atoms with Gasteiger partial charge in [0.25, 0.3) is 0 Å². The van der Waals surface area contributed by atoms with Gasteiger partial charge in [0.05, 0.1) is 6.10 Å². The third-order valence-electron chi connectivity index (χ3n) is 4.59. The number of hydrogen-bond acceptors (Lipinski definition) is 2. The van der Waals surface area contributed by atoms with Gasteiger partial charge in [-0.05, 0) is 32.1 Å². The second kappa shape index (κ2) is 3.49. The molecule has 0 bridgehead atoms. The molecule has 0 aromatic heterocycles. The summed E-state index contributed by atoms with van der Waals surface area (Å²) in [6, 6.07) is 0.839. The van der Waals surface area contributed by atoms with E-state index >= 15 is 0 Å². The Hall–Kier alpha value is -0.0800. The van der Waals surface area contributed by atoms with Gasteiger partial charge in [0.15, 0.2) is 0 Å². The van der Waals surface area contributed by atoms with Crippen molar-refractivity contribution >= 4 is 0 Å². The van der Waals surface area contributed by atoms with Crippen LogP contribution in [0.5, 0.6) is 0 Å². The highest BCUT2D eigenvalue weighted by molar-refractivity contribution is 4.98. The van der Waals surface area contributed by atoms with Crippen LogP contribution < -0.4 is 5.32 Å². The molecule has 2 heteroatoms. The minimum Gasteiger partial charge on any atom is -0.378 e. The SMILES string of the molecule is C1CC(NC[C@]23CCC[C@H]2OCC3)C1. The third kappa shape index (κ3) is 1.40. The van der Waals surface area contributed by atoms with Crippen LogP contribution in [0.1, 0.15) is 44.9 Å². The lowest BCUT2D eigenvalue weighted by molar-refractivity contribution is 0.0671. The zero-order chi connectivity index (χ0) is 9.43. The molecule has 14 heavy (non-hydrogen) atoms. The maximum absolute atomic E-state index is 5.82. The van der Waals surface area contributed by atoms with Gasteiger partial charge < -0.3 is 10.1 Å². The van der Waals surface area contributed by atoms with Gasteiger partial charge in [-0.25, -0.2) is 0 Å². The van der Waals surface area contributed by atoms with Crippen LogP contribution in [0.15, 0.2) is 0 Å². The van der Waals surface area contributed by atoms with E-state index in [4.69, 9.17) is 4.74 Å². The molecule has 0 amide bonds. The van der Waals surface area contributed by atoms with Crippen LogP contribution in [-0.4, -0.2) is 25.3 Å². The first kappa shape index (κ1) is 9.17. The van der Waals surface area contributed by atoms with Crippen LogP contribution in [0.3, 0.4) is 0 Å². The van der Waals surface area contributed by atoms with Crippen LogP contribution in [-0.2, 0) is 4.74 Å². The number of rotatable bonds is 3. The van der Waals surface area contributed by atoms with Gasteiger partial charge in [0.1, 0.15) is 0 Å². The van der Waals surface area contributed by atoms with E-state index in [-0.39, 0.29) is 0 Å². The highest BCUT2D eigenvalue weighted by Gasteiger charge is 2.47. The maximum Gasteiger partial charge on any atom is 0.0644 e. The summed E-state index contributed by atoms with van der Waals surface area (Å²) in [7, 11) is 0. The van der Waals surface area contributed by atoms with Crippen molar-refractivity contribution in [2.24, 2.45) is 5.41 Å². The summed E-state index contributed by atoms with van der Waals surface area (Å²) in [6.45, 7) is 2.24. The zero-order valence-corrected chi connectivity index (χ0v) is 8.93. The Morgan fingerprint density at radius 2 is 2.07 bits per heavy atom. The second-order valence-electron chi connectivity index (χ2n) is 5.37. The molecule has 1 N–H and O–H groups in total. The second-order valence-corrected chi connectivity index (χ2v) is 5.37. The molecule has 0 spiro atoms. The number of ether oxygens (including phenoxy) is 1. The summed E-state index contributed by atoms with van der Waals surface area (Å²) >= 11 is 0. The molecule has 3 fully saturated rings. The van der Waals surface area contributed by atoms with E-state index in [0.717, 1.165) is 12.6 Å². The van der Waals surface area contributed by atoms with Crippen LogP contribution in [0.25, 0.3) is 0 Å². The summed E-state index contributed by atoms with van der Waals surface area (Å²) in [6.07, 6.45) is 10.2. The van der Waals surface area contributed by atoms with E-state index in [1.165, 1.54) is 51.5 Å². The Morgan fingerprint density at radius 3 is 2.86 bits per heavy atom. The normalized spacial score (nSPS) is 42.4. The van der Waals surface area contributed by atoms with E-state index in [1.807, 2.05) is 0 Å². The van der Waals surface area contributed by atoms with Crippen molar-refractivity contribution in [3.8, 4) is 0 Å². The quantitative estimate of drug-likeness (QED) is 0.744. The minimum absolute atomic E-state index is 0.537. The standard InChI is InChI=1S/C12H21NO/c1-3-10(4-1)13-9-12-6-2-5-11(12)14-8-7-12/h10-11,13H,1-9H2/t11-,12-/m1/s1. The molecule has 80 valence electrons. The van der Waals surface area contributed by atoms with Gasteiger partial charge in [-0.2, -0.15) is 0 Å². The molecule has 0 unspecified atom stereocenters. The van der Waals surface area contributed by atoms with Crippen molar-refractivity contribution < 1.29 is 4.74 Å². The molecule has 3 rings (SSSR count). The monoisotopic (exact) mass is 195 g/mol. The third-order valence-corrected chi connectivity index (χ3v) is 4.59. The molecule has 1 aliphatic heterocycles. The van der Waals surface area contributed by atoms with Crippen molar-refractivity contribution in [1.29, 1.82) is 0 Å². The summed E-state index contributed by atoms with van der Waals surface area (Å²) in [5.74, 6) is 0. The van der Waals surface area contributed by atoms with E-state index in [9.17, 15) is 0 Å². The van der Waals surface area contributed by atoms with Crippen molar-refractivity contribution in [1.82, 2.24) is 5.32 Å². The van der Waals surface area contributed by atoms with Crippen molar-refractivity contribution in [3.05, 3.63) is 0 Å². The molecule has 2 nitrogen and oxygen atoms in total. The fourth-order valence-corrected chi connectivity index (χ4v) is 3.31. The predicted octanol–water partition coefficient (Wildman–Crippen LogP) is 2.09. The summed E-state index contributed by atoms with van der Waals surface area (Å²) in [5, 5.41) is 3.74. The van der Waals surface area contributed by atoms with E-state index in [1.54, 1.807) is 0 Å². The number of fused-ring (bicyclic) bond motifs is 1. The number of nitrogens with one attached hydrogen (secondary N) is 1. The fraction of sp³-hybridized carbons (Fsp3) is 1.00. The van der Waals surface area contributed by atoms with Crippen LogP contribution >= 0.6 is 0 Å². The van der Waals surface area contributed by atoms with Gasteiger partial charge in [-0.1, -0.05) is 12.8 Å². The molecule has 2 aliphatic carbocycles. The molecule has 0 aromatic carbocycles. The molecule has 2 atom stereocenters. The first-order valence-corrected chi connectivity index (χ1v) is 6.24. The first-order valence-electron chi connectivity index (χ1n) is 6.24. The van der Waals surface area contributed by atoms with Crippen LogP contribution in [0, 0.1) is 5.41 Å². The lowest BCUT2D eigenvalue weighted by Gasteiger charge is -2.34. The van der Waals surface area contributed by atoms with E-state index in [2.05, 4.69) is 5.32 Å². The minimum atomic E-state index is 0.537. The average Bonchev–Trinajstić information content (AvgIpc) is 2.59. The lowest BCUT2D eigenvalue weighted by Crippen LogP contribution is -2.44. The largest absolute Gasteiger partial charge is 0.378 e. The molecule has 1 saturated heterocycles. The van der Waals surface area contributed by atoms with Gasteiger partial charge in [-0.3, -0.25) is 0 Å². The summed E-state index contributed by atoms with van der Waals surface area (Å²) < 4.78 is 5.82. The van der Waals surface area contributed by atoms with Gasteiger partial charge in [0.2, 0.25) is 0 Å². The molecule has 0 aromatic rings.